The normalized spacial score (nSPS) is 29.3. The van der Waals surface area contributed by atoms with Gasteiger partial charge in [-0.15, -0.1) is 0 Å². The van der Waals surface area contributed by atoms with E-state index in [0.29, 0.717) is 29.9 Å². The minimum atomic E-state index is -0.201. The molecule has 3 heterocycles. The van der Waals surface area contributed by atoms with Gasteiger partial charge in [0, 0.05) is 50.7 Å². The Balaban J connectivity index is 1.50. The molecule has 1 unspecified atom stereocenters. The first kappa shape index (κ1) is 20.1. The first-order valence-electron chi connectivity index (χ1n) is 10.6. The van der Waals surface area contributed by atoms with Crippen LogP contribution in [0.4, 0.5) is 4.79 Å². The molecule has 7 nitrogen and oxygen atoms in total. The van der Waals surface area contributed by atoms with Crippen LogP contribution < -0.4 is 5.73 Å². The van der Waals surface area contributed by atoms with E-state index in [0.717, 1.165) is 77.5 Å². The van der Waals surface area contributed by atoms with Crippen molar-refractivity contribution >= 4 is 17.8 Å². The highest BCUT2D eigenvalue weighted by Crippen LogP contribution is 2.30. The molecule has 3 aliphatic rings. The van der Waals surface area contributed by atoms with E-state index >= 15 is 0 Å². The van der Waals surface area contributed by atoms with Crippen molar-refractivity contribution in [3.8, 4) is 0 Å². The summed E-state index contributed by atoms with van der Waals surface area (Å²) in [5.74, 6) is 0.685. The Bertz CT molecular complexity index is 567. The van der Waals surface area contributed by atoms with Gasteiger partial charge in [-0.2, -0.15) is 4.99 Å². The van der Waals surface area contributed by atoms with E-state index in [-0.39, 0.29) is 6.03 Å². The van der Waals surface area contributed by atoms with Gasteiger partial charge >= 0.3 is 6.03 Å². The highest BCUT2D eigenvalue weighted by atomic mass is 16.2. The molecule has 3 aliphatic heterocycles. The lowest BCUT2D eigenvalue weighted by Crippen LogP contribution is -2.50. The largest absolute Gasteiger partial charge is 0.387 e. The fourth-order valence-electron chi connectivity index (χ4n) is 5.05. The van der Waals surface area contributed by atoms with Crippen molar-refractivity contribution in [2.24, 2.45) is 10.7 Å². The van der Waals surface area contributed by atoms with Gasteiger partial charge in [-0.3, -0.25) is 4.79 Å². The number of carbonyl (C=O) groups excluding carboxylic acids is 2. The lowest BCUT2D eigenvalue weighted by molar-refractivity contribution is -0.132. The van der Waals surface area contributed by atoms with Gasteiger partial charge in [0.2, 0.25) is 5.91 Å². The number of nitrogens with two attached hydrogens (primary N) is 1. The van der Waals surface area contributed by atoms with Crippen LogP contribution in [0.25, 0.3) is 0 Å². The van der Waals surface area contributed by atoms with Gasteiger partial charge in [-0.05, 0) is 51.9 Å². The van der Waals surface area contributed by atoms with Crippen LogP contribution in [-0.4, -0.2) is 76.8 Å². The topological polar surface area (TPSA) is 82.2 Å². The van der Waals surface area contributed by atoms with E-state index in [2.05, 4.69) is 21.7 Å². The molecule has 7 heteroatoms. The van der Waals surface area contributed by atoms with Crippen LogP contribution in [0.1, 0.15) is 65.2 Å². The van der Waals surface area contributed by atoms with Gasteiger partial charge in [0.15, 0.2) is 0 Å². The molecule has 0 radical (unpaired) electrons. The molecule has 0 aromatic carbocycles. The second kappa shape index (κ2) is 9.04. The minimum Gasteiger partial charge on any atom is -0.387 e. The first-order valence-corrected chi connectivity index (χ1v) is 10.6. The van der Waals surface area contributed by atoms with Gasteiger partial charge in [-0.1, -0.05) is 6.92 Å². The van der Waals surface area contributed by atoms with Gasteiger partial charge in [-0.25, -0.2) is 4.79 Å². The number of nitrogens with zero attached hydrogens (tertiary/aromatic N) is 4. The Hall–Kier alpha value is -1.63. The average molecular weight is 378 g/mol. The number of hydrogen-bond acceptors (Lipinski definition) is 3. The molecule has 3 amide bonds. The fourth-order valence-corrected chi connectivity index (χ4v) is 5.05. The summed E-state index contributed by atoms with van der Waals surface area (Å²) in [6, 6.07) is 1.21. The minimum absolute atomic E-state index is 0.201. The zero-order chi connectivity index (χ0) is 19.4. The van der Waals surface area contributed by atoms with Crippen molar-refractivity contribution in [1.82, 2.24) is 14.7 Å². The third kappa shape index (κ3) is 4.81. The number of carbonyl (C=O) groups is 2. The number of amidine groups is 1. The predicted molar refractivity (Wildman–Crippen MR) is 107 cm³/mol. The molecule has 3 rings (SSSR count). The molecular formula is C20H35N5O2. The summed E-state index contributed by atoms with van der Waals surface area (Å²) >= 11 is 0. The molecule has 0 aromatic rings. The van der Waals surface area contributed by atoms with Crippen molar-refractivity contribution in [1.29, 1.82) is 0 Å². The van der Waals surface area contributed by atoms with Crippen LogP contribution in [0.5, 0.6) is 0 Å². The standard InChI is InChI=1S/C20H35N5O2/c1-3-16-6-7-19(26)25(16)18-9-12-23(13-10-18)17-5-4-11-24(14-8-17)20(27)22-15(2)21/h16-18H,3-14H2,1-2H3,(H2,21,22,27)/t16-,17?/m0/s1. The van der Waals surface area contributed by atoms with Crippen molar-refractivity contribution in [3.05, 3.63) is 0 Å². The molecule has 0 bridgehead atoms. The number of rotatable bonds is 3. The van der Waals surface area contributed by atoms with Crippen molar-refractivity contribution in [2.45, 2.75) is 83.3 Å². The van der Waals surface area contributed by atoms with Crippen LogP contribution in [0.3, 0.4) is 0 Å². The summed E-state index contributed by atoms with van der Waals surface area (Å²) in [5.41, 5.74) is 5.54. The summed E-state index contributed by atoms with van der Waals surface area (Å²) in [6.45, 7) is 7.48. The fraction of sp³-hybridized carbons (Fsp3) is 0.850. The van der Waals surface area contributed by atoms with Gasteiger partial charge in [0.05, 0.1) is 0 Å². The molecule has 2 atom stereocenters. The van der Waals surface area contributed by atoms with E-state index < -0.39 is 0 Å². The molecule has 3 fully saturated rings. The van der Waals surface area contributed by atoms with E-state index in [9.17, 15) is 9.59 Å². The molecule has 152 valence electrons. The summed E-state index contributed by atoms with van der Waals surface area (Å²) in [4.78, 5) is 34.9. The maximum atomic E-state index is 12.3. The van der Waals surface area contributed by atoms with Crippen LogP contribution in [0, 0.1) is 0 Å². The molecule has 0 saturated carbocycles. The number of aliphatic imine (C=N–C) groups is 1. The Morgan fingerprint density at radius 1 is 1.07 bits per heavy atom. The van der Waals surface area contributed by atoms with Crippen molar-refractivity contribution in [3.63, 3.8) is 0 Å². The van der Waals surface area contributed by atoms with Crippen molar-refractivity contribution in [2.75, 3.05) is 26.2 Å². The maximum absolute atomic E-state index is 12.3. The number of urea groups is 1. The van der Waals surface area contributed by atoms with E-state index in [4.69, 9.17) is 5.73 Å². The monoisotopic (exact) mass is 377 g/mol. The summed E-state index contributed by atoms with van der Waals surface area (Å²) in [5, 5.41) is 0. The third-order valence-electron chi connectivity index (χ3n) is 6.49. The zero-order valence-electron chi connectivity index (χ0n) is 16.9. The average Bonchev–Trinajstić information content (AvgIpc) is 2.86. The number of hydrogen-bond donors (Lipinski definition) is 1. The Morgan fingerprint density at radius 2 is 1.78 bits per heavy atom. The third-order valence-corrected chi connectivity index (χ3v) is 6.49. The molecule has 0 spiro atoms. The van der Waals surface area contributed by atoms with Gasteiger partial charge in [0.1, 0.15) is 5.84 Å². The predicted octanol–water partition coefficient (Wildman–Crippen LogP) is 2.20. The second-order valence-corrected chi connectivity index (χ2v) is 8.28. The highest BCUT2D eigenvalue weighted by Gasteiger charge is 2.37. The maximum Gasteiger partial charge on any atom is 0.345 e. The SMILES string of the molecule is CC[C@H]1CCC(=O)N1C1CCN(C2CCCN(C(=O)/N=C(/C)N)CC2)CC1. The lowest BCUT2D eigenvalue weighted by atomic mass is 9.98. The molecular weight excluding hydrogens is 342 g/mol. The second-order valence-electron chi connectivity index (χ2n) is 8.28. The smallest absolute Gasteiger partial charge is 0.345 e. The summed E-state index contributed by atoms with van der Waals surface area (Å²) < 4.78 is 0. The number of likely N-dealkylation sites (tertiary alicyclic amines) is 3. The number of piperidine rings is 1. The molecule has 2 N–H and O–H groups in total. The first-order chi connectivity index (χ1) is 13.0. The summed E-state index contributed by atoms with van der Waals surface area (Å²) in [6.07, 6.45) is 8.13. The molecule has 0 aliphatic carbocycles. The van der Waals surface area contributed by atoms with Crippen LogP contribution in [0.15, 0.2) is 4.99 Å². The molecule has 27 heavy (non-hydrogen) atoms. The van der Waals surface area contributed by atoms with Crippen LogP contribution in [0.2, 0.25) is 0 Å². The van der Waals surface area contributed by atoms with Gasteiger partial charge < -0.3 is 20.4 Å². The van der Waals surface area contributed by atoms with E-state index in [1.807, 2.05) is 4.90 Å². The Morgan fingerprint density at radius 3 is 2.44 bits per heavy atom. The lowest BCUT2D eigenvalue weighted by Gasteiger charge is -2.42. The van der Waals surface area contributed by atoms with E-state index in [1.54, 1.807) is 6.92 Å². The molecule has 0 aromatic heterocycles. The number of amides is 3. The Kier molecular flexibility index (Phi) is 6.73. The quantitative estimate of drug-likeness (QED) is 0.604. The van der Waals surface area contributed by atoms with E-state index in [1.165, 1.54) is 0 Å². The highest BCUT2D eigenvalue weighted by molar-refractivity contribution is 5.91. The molecule has 3 saturated heterocycles. The van der Waals surface area contributed by atoms with Gasteiger partial charge in [0.25, 0.3) is 0 Å². The van der Waals surface area contributed by atoms with Crippen LogP contribution >= 0.6 is 0 Å². The van der Waals surface area contributed by atoms with Crippen molar-refractivity contribution < 1.29 is 9.59 Å². The summed E-state index contributed by atoms with van der Waals surface area (Å²) in [7, 11) is 0. The zero-order valence-corrected chi connectivity index (χ0v) is 16.9. The van der Waals surface area contributed by atoms with Crippen LogP contribution in [-0.2, 0) is 4.79 Å². The Labute approximate surface area is 162 Å².